The Kier molecular flexibility index (Phi) is 8.32. The van der Waals surface area contributed by atoms with Crippen molar-refractivity contribution in [3.8, 4) is 0 Å². The van der Waals surface area contributed by atoms with Crippen LogP contribution in [-0.2, 0) is 6.42 Å². The molecule has 2 rings (SSSR count). The Morgan fingerprint density at radius 3 is 2.52 bits per heavy atom. The number of thiophene rings is 1. The molecule has 0 saturated carbocycles. The van der Waals surface area contributed by atoms with E-state index in [9.17, 15) is 0 Å². The van der Waals surface area contributed by atoms with Gasteiger partial charge in [0.05, 0.1) is 0 Å². The molecule has 1 N–H and O–H groups in total. The average molecular weight is 359 g/mol. The van der Waals surface area contributed by atoms with Crippen molar-refractivity contribution in [1.82, 2.24) is 10.2 Å². The molecule has 25 heavy (non-hydrogen) atoms. The minimum Gasteiger partial charge on any atom is -0.375 e. The Morgan fingerprint density at radius 2 is 1.84 bits per heavy atom. The molecule has 136 valence electrons. The SMILES string of the molecule is CN=C(NCCCCN(C)c1ccccc1)N(C)CCc1cccs1. The molecular formula is C20H30N4S. The lowest BCUT2D eigenvalue weighted by molar-refractivity contribution is 0.484. The number of nitrogens with one attached hydrogen (secondary N) is 1. The topological polar surface area (TPSA) is 30.9 Å². The van der Waals surface area contributed by atoms with Gasteiger partial charge in [0.25, 0.3) is 0 Å². The number of aliphatic imine (C=N–C) groups is 1. The van der Waals surface area contributed by atoms with Crippen LogP contribution in [0.15, 0.2) is 52.8 Å². The van der Waals surface area contributed by atoms with E-state index in [4.69, 9.17) is 0 Å². The Bertz CT molecular complexity index is 610. The normalized spacial score (nSPS) is 11.4. The maximum Gasteiger partial charge on any atom is 0.193 e. The van der Waals surface area contributed by atoms with Crippen molar-refractivity contribution in [2.75, 3.05) is 45.7 Å². The first kappa shape index (κ1) is 19.3. The van der Waals surface area contributed by atoms with Crippen LogP contribution in [0.4, 0.5) is 5.69 Å². The number of benzene rings is 1. The van der Waals surface area contributed by atoms with Crippen LogP contribution < -0.4 is 10.2 Å². The maximum absolute atomic E-state index is 4.39. The standard InChI is InChI=1S/C20H30N4S/c1-21-20(24(3)16-13-19-12-9-17-25-19)22-14-7-8-15-23(2)18-10-5-4-6-11-18/h4-6,9-12,17H,7-8,13-16H2,1-3H3,(H,21,22). The summed E-state index contributed by atoms with van der Waals surface area (Å²) >= 11 is 1.82. The molecule has 0 aliphatic heterocycles. The number of unbranched alkanes of at least 4 members (excludes halogenated alkanes) is 1. The Labute approximate surface area is 156 Å². The number of para-hydroxylation sites is 1. The largest absolute Gasteiger partial charge is 0.375 e. The molecule has 0 atom stereocenters. The zero-order valence-corrected chi connectivity index (χ0v) is 16.4. The summed E-state index contributed by atoms with van der Waals surface area (Å²) in [5.41, 5.74) is 1.28. The molecular weight excluding hydrogens is 328 g/mol. The monoisotopic (exact) mass is 358 g/mol. The first-order valence-corrected chi connectivity index (χ1v) is 9.79. The first-order chi connectivity index (χ1) is 12.2. The highest BCUT2D eigenvalue weighted by Gasteiger charge is 2.06. The van der Waals surface area contributed by atoms with Crippen molar-refractivity contribution in [3.05, 3.63) is 52.7 Å². The minimum atomic E-state index is 0.957. The average Bonchev–Trinajstić information content (AvgIpc) is 3.17. The van der Waals surface area contributed by atoms with Gasteiger partial charge in [-0.2, -0.15) is 0 Å². The number of hydrogen-bond acceptors (Lipinski definition) is 3. The third-order valence-corrected chi connectivity index (χ3v) is 5.18. The Morgan fingerprint density at radius 1 is 1.04 bits per heavy atom. The van der Waals surface area contributed by atoms with E-state index in [-0.39, 0.29) is 0 Å². The highest BCUT2D eigenvalue weighted by Crippen LogP contribution is 2.11. The van der Waals surface area contributed by atoms with Crippen molar-refractivity contribution in [3.63, 3.8) is 0 Å². The quantitative estimate of drug-likeness (QED) is 0.421. The van der Waals surface area contributed by atoms with Gasteiger partial charge >= 0.3 is 0 Å². The summed E-state index contributed by atoms with van der Waals surface area (Å²) in [6, 6.07) is 14.8. The molecule has 1 heterocycles. The van der Waals surface area contributed by atoms with E-state index >= 15 is 0 Å². The van der Waals surface area contributed by atoms with Crippen LogP contribution >= 0.6 is 11.3 Å². The maximum atomic E-state index is 4.39. The van der Waals surface area contributed by atoms with Gasteiger partial charge < -0.3 is 15.1 Å². The van der Waals surface area contributed by atoms with E-state index in [1.165, 1.54) is 10.6 Å². The van der Waals surface area contributed by atoms with E-state index in [1.54, 1.807) is 0 Å². The van der Waals surface area contributed by atoms with Crippen molar-refractivity contribution in [1.29, 1.82) is 0 Å². The number of hydrogen-bond donors (Lipinski definition) is 1. The van der Waals surface area contributed by atoms with Crippen molar-refractivity contribution >= 4 is 23.0 Å². The summed E-state index contributed by atoms with van der Waals surface area (Å²) in [5.74, 6) is 0.980. The van der Waals surface area contributed by atoms with Gasteiger partial charge in [-0.3, -0.25) is 4.99 Å². The predicted octanol–water partition coefficient (Wildman–Crippen LogP) is 3.71. The third-order valence-electron chi connectivity index (χ3n) is 4.25. The summed E-state index contributed by atoms with van der Waals surface area (Å²) in [6.07, 6.45) is 3.36. The van der Waals surface area contributed by atoms with Gasteiger partial charge in [-0.05, 0) is 42.8 Å². The number of anilines is 1. The fourth-order valence-electron chi connectivity index (χ4n) is 2.71. The fraction of sp³-hybridized carbons (Fsp3) is 0.450. The van der Waals surface area contributed by atoms with Gasteiger partial charge in [0.1, 0.15) is 0 Å². The molecule has 1 aromatic carbocycles. The summed E-state index contributed by atoms with van der Waals surface area (Å²) in [6.45, 7) is 3.01. The molecule has 0 saturated heterocycles. The minimum absolute atomic E-state index is 0.957. The van der Waals surface area contributed by atoms with Crippen LogP contribution in [0.2, 0.25) is 0 Å². The number of likely N-dealkylation sites (N-methyl/N-ethyl adjacent to an activating group) is 1. The molecule has 0 radical (unpaired) electrons. The van der Waals surface area contributed by atoms with Crippen molar-refractivity contribution in [2.45, 2.75) is 19.3 Å². The van der Waals surface area contributed by atoms with Crippen LogP contribution in [0, 0.1) is 0 Å². The lowest BCUT2D eigenvalue weighted by atomic mass is 10.2. The van der Waals surface area contributed by atoms with Gasteiger partial charge in [0.2, 0.25) is 0 Å². The smallest absolute Gasteiger partial charge is 0.193 e. The lowest BCUT2D eigenvalue weighted by Gasteiger charge is -2.22. The molecule has 4 nitrogen and oxygen atoms in total. The van der Waals surface area contributed by atoms with Gasteiger partial charge in [-0.15, -0.1) is 11.3 Å². The zero-order valence-electron chi connectivity index (χ0n) is 15.6. The molecule has 0 amide bonds. The van der Waals surface area contributed by atoms with E-state index in [1.807, 2.05) is 18.4 Å². The third kappa shape index (κ3) is 6.78. The van der Waals surface area contributed by atoms with Crippen molar-refractivity contribution < 1.29 is 0 Å². The summed E-state index contributed by atoms with van der Waals surface area (Å²) in [5, 5.41) is 5.61. The van der Waals surface area contributed by atoms with Crippen LogP contribution in [0.5, 0.6) is 0 Å². The highest BCUT2D eigenvalue weighted by atomic mass is 32.1. The van der Waals surface area contributed by atoms with E-state index in [2.05, 4.69) is 82.0 Å². The Hall–Kier alpha value is -2.01. The summed E-state index contributed by atoms with van der Waals surface area (Å²) in [4.78, 5) is 10.3. The molecule has 0 spiro atoms. The molecule has 2 aromatic rings. The second-order valence-electron chi connectivity index (χ2n) is 6.19. The molecule has 5 heteroatoms. The number of guanidine groups is 1. The summed E-state index contributed by atoms with van der Waals surface area (Å²) < 4.78 is 0. The van der Waals surface area contributed by atoms with Crippen LogP contribution in [-0.4, -0.2) is 51.6 Å². The number of rotatable bonds is 9. The second-order valence-corrected chi connectivity index (χ2v) is 7.22. The van der Waals surface area contributed by atoms with Gasteiger partial charge in [-0.1, -0.05) is 24.3 Å². The molecule has 0 unspecified atom stereocenters. The predicted molar refractivity (Wildman–Crippen MR) is 111 cm³/mol. The van der Waals surface area contributed by atoms with Gasteiger partial charge in [0.15, 0.2) is 5.96 Å². The second kappa shape index (κ2) is 10.8. The fourth-order valence-corrected chi connectivity index (χ4v) is 3.41. The van der Waals surface area contributed by atoms with Crippen LogP contribution in [0.3, 0.4) is 0 Å². The Balaban J connectivity index is 1.62. The molecule has 0 aliphatic rings. The van der Waals surface area contributed by atoms with Gasteiger partial charge in [0, 0.05) is 51.3 Å². The highest BCUT2D eigenvalue weighted by molar-refractivity contribution is 7.09. The van der Waals surface area contributed by atoms with E-state index < -0.39 is 0 Å². The zero-order chi connectivity index (χ0) is 17.9. The molecule has 0 bridgehead atoms. The van der Waals surface area contributed by atoms with E-state index in [0.717, 1.165) is 44.9 Å². The van der Waals surface area contributed by atoms with Crippen LogP contribution in [0.1, 0.15) is 17.7 Å². The molecule has 0 fully saturated rings. The summed E-state index contributed by atoms with van der Waals surface area (Å²) in [7, 11) is 6.11. The van der Waals surface area contributed by atoms with Gasteiger partial charge in [-0.25, -0.2) is 0 Å². The first-order valence-electron chi connectivity index (χ1n) is 8.91. The van der Waals surface area contributed by atoms with Crippen molar-refractivity contribution in [2.24, 2.45) is 4.99 Å². The van der Waals surface area contributed by atoms with Crippen LogP contribution in [0.25, 0.3) is 0 Å². The van der Waals surface area contributed by atoms with E-state index in [0.29, 0.717) is 0 Å². The lowest BCUT2D eigenvalue weighted by Crippen LogP contribution is -2.40. The molecule has 0 aliphatic carbocycles. The number of nitrogens with zero attached hydrogens (tertiary/aromatic N) is 3. The molecule has 1 aromatic heterocycles.